The lowest BCUT2D eigenvalue weighted by Gasteiger charge is -2.10. The van der Waals surface area contributed by atoms with Crippen molar-refractivity contribution in [3.05, 3.63) is 89.0 Å². The predicted octanol–water partition coefficient (Wildman–Crippen LogP) is 5.38. The maximum Gasteiger partial charge on any atom is 0.262 e. The normalized spacial score (nSPS) is 10.8. The molecule has 4 nitrogen and oxygen atoms in total. The van der Waals surface area contributed by atoms with Crippen molar-refractivity contribution < 1.29 is 9.53 Å². The predicted molar refractivity (Wildman–Crippen MR) is 115 cm³/mol. The monoisotopic (exact) mass is 372 g/mol. The van der Waals surface area contributed by atoms with E-state index in [0.717, 1.165) is 28.1 Å². The van der Waals surface area contributed by atoms with Gasteiger partial charge in [-0.1, -0.05) is 36.4 Å². The molecule has 0 aliphatic heterocycles. The van der Waals surface area contributed by atoms with Crippen molar-refractivity contribution in [1.82, 2.24) is 0 Å². The van der Waals surface area contributed by atoms with Crippen molar-refractivity contribution in [3.63, 3.8) is 0 Å². The van der Waals surface area contributed by atoms with Crippen molar-refractivity contribution >= 4 is 23.5 Å². The molecular formula is C24H24N2O2. The van der Waals surface area contributed by atoms with Crippen LogP contribution in [0.4, 0.5) is 11.4 Å². The van der Waals surface area contributed by atoms with Crippen molar-refractivity contribution in [1.29, 1.82) is 0 Å². The third-order valence-corrected chi connectivity index (χ3v) is 4.50. The Morgan fingerprint density at radius 1 is 1.00 bits per heavy atom. The number of nitrogens with one attached hydrogen (secondary N) is 1. The summed E-state index contributed by atoms with van der Waals surface area (Å²) >= 11 is 0. The first-order valence-electron chi connectivity index (χ1n) is 9.21. The summed E-state index contributed by atoms with van der Waals surface area (Å²) < 4.78 is 5.74. The van der Waals surface area contributed by atoms with E-state index in [9.17, 15) is 4.79 Å². The number of hydrogen-bond donors (Lipinski definition) is 1. The highest BCUT2D eigenvalue weighted by Gasteiger charge is 2.07. The number of carbonyl (C=O) groups is 1. The highest BCUT2D eigenvalue weighted by atomic mass is 16.5. The third-order valence-electron chi connectivity index (χ3n) is 4.50. The van der Waals surface area contributed by atoms with E-state index in [0.29, 0.717) is 5.75 Å². The van der Waals surface area contributed by atoms with Crippen LogP contribution < -0.4 is 10.1 Å². The zero-order valence-corrected chi connectivity index (χ0v) is 16.4. The lowest BCUT2D eigenvalue weighted by Crippen LogP contribution is -2.20. The van der Waals surface area contributed by atoms with Crippen LogP contribution in [0.5, 0.6) is 5.75 Å². The molecule has 142 valence electrons. The molecule has 0 saturated heterocycles. The van der Waals surface area contributed by atoms with Gasteiger partial charge in [-0.05, 0) is 67.8 Å². The van der Waals surface area contributed by atoms with Gasteiger partial charge in [-0.2, -0.15) is 0 Å². The van der Waals surface area contributed by atoms with E-state index in [-0.39, 0.29) is 12.5 Å². The van der Waals surface area contributed by atoms with Gasteiger partial charge in [0, 0.05) is 17.5 Å². The van der Waals surface area contributed by atoms with E-state index in [1.807, 2.05) is 67.6 Å². The molecule has 4 heteroatoms. The molecule has 3 rings (SSSR count). The fourth-order valence-electron chi connectivity index (χ4n) is 2.80. The van der Waals surface area contributed by atoms with Crippen LogP contribution in [-0.4, -0.2) is 18.7 Å². The van der Waals surface area contributed by atoms with E-state index in [4.69, 9.17) is 4.74 Å². The van der Waals surface area contributed by atoms with Crippen molar-refractivity contribution in [2.45, 2.75) is 20.8 Å². The number of aliphatic imine (C=N–C) groups is 1. The average Bonchev–Trinajstić information content (AvgIpc) is 2.68. The van der Waals surface area contributed by atoms with Crippen LogP contribution in [0.15, 0.2) is 71.7 Å². The van der Waals surface area contributed by atoms with E-state index in [1.165, 1.54) is 5.56 Å². The van der Waals surface area contributed by atoms with Gasteiger partial charge in [-0.25, -0.2) is 0 Å². The second-order valence-electron chi connectivity index (χ2n) is 6.72. The van der Waals surface area contributed by atoms with Crippen LogP contribution in [0.3, 0.4) is 0 Å². The third kappa shape index (κ3) is 5.07. The van der Waals surface area contributed by atoms with Crippen LogP contribution in [-0.2, 0) is 4.79 Å². The number of rotatable bonds is 6. The molecule has 1 amide bonds. The molecule has 0 fully saturated rings. The summed E-state index contributed by atoms with van der Waals surface area (Å²) in [7, 11) is 0. The van der Waals surface area contributed by atoms with Gasteiger partial charge in [0.15, 0.2) is 6.61 Å². The number of aryl methyl sites for hydroxylation is 2. The van der Waals surface area contributed by atoms with Gasteiger partial charge in [0.25, 0.3) is 5.91 Å². The number of carbonyl (C=O) groups excluding carboxylic acids is 1. The van der Waals surface area contributed by atoms with Crippen LogP contribution >= 0.6 is 0 Å². The van der Waals surface area contributed by atoms with Crippen LogP contribution in [0.1, 0.15) is 22.3 Å². The summed E-state index contributed by atoms with van der Waals surface area (Å²) in [5, 5.41) is 2.85. The highest BCUT2D eigenvalue weighted by molar-refractivity contribution is 5.92. The lowest BCUT2D eigenvalue weighted by molar-refractivity contribution is -0.118. The molecule has 3 aromatic carbocycles. The quantitative estimate of drug-likeness (QED) is 0.591. The summed E-state index contributed by atoms with van der Waals surface area (Å²) in [4.78, 5) is 16.8. The molecule has 0 radical (unpaired) electrons. The second kappa shape index (κ2) is 9.00. The van der Waals surface area contributed by atoms with Crippen molar-refractivity contribution in [3.8, 4) is 5.75 Å². The molecule has 1 N–H and O–H groups in total. The minimum Gasteiger partial charge on any atom is -0.483 e. The highest BCUT2D eigenvalue weighted by Crippen LogP contribution is 2.22. The van der Waals surface area contributed by atoms with Crippen LogP contribution in [0, 0.1) is 20.8 Å². The maximum atomic E-state index is 12.2. The number of ether oxygens (including phenoxy) is 1. The Kier molecular flexibility index (Phi) is 6.22. The second-order valence-corrected chi connectivity index (χ2v) is 6.72. The molecule has 0 spiro atoms. The number of benzene rings is 3. The fraction of sp³-hybridized carbons (Fsp3) is 0.167. The number of para-hydroxylation sites is 1. The zero-order chi connectivity index (χ0) is 19.9. The smallest absolute Gasteiger partial charge is 0.262 e. The standard InChI is InChI=1S/C24H24N2O2/c1-17-8-6-11-21(14-17)26-24(27)16-28-23-13-5-4-10-20(23)15-25-22-12-7-9-18(2)19(22)3/h4-15H,16H2,1-3H3,(H,26,27). The first kappa shape index (κ1) is 19.4. The fourth-order valence-corrected chi connectivity index (χ4v) is 2.80. The maximum absolute atomic E-state index is 12.2. The van der Waals surface area contributed by atoms with E-state index >= 15 is 0 Å². The minimum absolute atomic E-state index is 0.0672. The summed E-state index contributed by atoms with van der Waals surface area (Å²) in [6.45, 7) is 6.04. The van der Waals surface area contributed by atoms with Gasteiger partial charge in [-0.15, -0.1) is 0 Å². The van der Waals surface area contributed by atoms with E-state index in [2.05, 4.69) is 30.2 Å². The van der Waals surface area contributed by atoms with Gasteiger partial charge in [0.05, 0.1) is 5.69 Å². The summed E-state index contributed by atoms with van der Waals surface area (Å²) in [5.74, 6) is 0.419. The van der Waals surface area contributed by atoms with Crippen LogP contribution in [0.25, 0.3) is 0 Å². The van der Waals surface area contributed by atoms with Gasteiger partial charge >= 0.3 is 0 Å². The average molecular weight is 372 g/mol. The topological polar surface area (TPSA) is 50.7 Å². The molecule has 0 heterocycles. The van der Waals surface area contributed by atoms with E-state index in [1.54, 1.807) is 6.21 Å². The van der Waals surface area contributed by atoms with Crippen molar-refractivity contribution in [2.24, 2.45) is 4.99 Å². The molecule has 0 bridgehead atoms. The Morgan fingerprint density at radius 3 is 2.61 bits per heavy atom. The molecule has 0 saturated carbocycles. The molecular weight excluding hydrogens is 348 g/mol. The van der Waals surface area contributed by atoms with Gasteiger partial charge < -0.3 is 10.1 Å². The summed E-state index contributed by atoms with van der Waals surface area (Å²) in [5.41, 5.74) is 5.95. The van der Waals surface area contributed by atoms with E-state index < -0.39 is 0 Å². The first-order chi connectivity index (χ1) is 13.5. The molecule has 0 aliphatic carbocycles. The molecule has 0 atom stereocenters. The number of hydrogen-bond acceptors (Lipinski definition) is 3. The number of amides is 1. The molecule has 3 aromatic rings. The SMILES string of the molecule is Cc1cccc(NC(=O)COc2ccccc2C=Nc2cccc(C)c2C)c1. The van der Waals surface area contributed by atoms with Crippen molar-refractivity contribution in [2.75, 3.05) is 11.9 Å². The molecule has 0 aliphatic rings. The Hall–Kier alpha value is -3.40. The molecule has 0 aromatic heterocycles. The lowest BCUT2D eigenvalue weighted by atomic mass is 10.1. The van der Waals surface area contributed by atoms with Crippen LogP contribution in [0.2, 0.25) is 0 Å². The van der Waals surface area contributed by atoms with Gasteiger partial charge in [0.1, 0.15) is 5.75 Å². The number of anilines is 1. The summed E-state index contributed by atoms with van der Waals surface area (Å²) in [6.07, 6.45) is 1.77. The zero-order valence-electron chi connectivity index (χ0n) is 16.4. The van der Waals surface area contributed by atoms with Gasteiger partial charge in [-0.3, -0.25) is 9.79 Å². The minimum atomic E-state index is -0.202. The summed E-state index contributed by atoms with van der Waals surface area (Å²) in [6, 6.07) is 21.3. The number of nitrogens with zero attached hydrogens (tertiary/aromatic N) is 1. The Balaban J connectivity index is 1.67. The van der Waals surface area contributed by atoms with Gasteiger partial charge in [0.2, 0.25) is 0 Å². The molecule has 28 heavy (non-hydrogen) atoms. The Morgan fingerprint density at radius 2 is 1.79 bits per heavy atom. The molecule has 0 unspecified atom stereocenters. The first-order valence-corrected chi connectivity index (χ1v) is 9.21. The Bertz CT molecular complexity index is 1010. The Labute approximate surface area is 165 Å². The largest absolute Gasteiger partial charge is 0.483 e.